The van der Waals surface area contributed by atoms with Crippen LogP contribution < -0.4 is 4.90 Å². The van der Waals surface area contributed by atoms with Crippen molar-refractivity contribution in [1.82, 2.24) is 9.97 Å². The minimum absolute atomic E-state index is 0.398. The summed E-state index contributed by atoms with van der Waals surface area (Å²) in [6, 6.07) is 2.17. The molecule has 1 aliphatic rings. The molecule has 0 aromatic carbocycles. The van der Waals surface area contributed by atoms with Gasteiger partial charge in [-0.25, -0.2) is 9.97 Å². The lowest BCUT2D eigenvalue weighted by Gasteiger charge is -2.19. The van der Waals surface area contributed by atoms with Gasteiger partial charge < -0.3 is 4.90 Å². The number of rotatable bonds is 3. The summed E-state index contributed by atoms with van der Waals surface area (Å²) < 4.78 is 0. The molecule has 3 heteroatoms. The molecule has 0 unspecified atom stereocenters. The third-order valence-electron chi connectivity index (χ3n) is 3.29. The first-order valence-corrected chi connectivity index (χ1v) is 6.71. The number of anilines is 1. The van der Waals surface area contributed by atoms with Gasteiger partial charge in [-0.2, -0.15) is 0 Å². The van der Waals surface area contributed by atoms with E-state index in [0.717, 1.165) is 24.7 Å². The molecule has 0 N–H and O–H groups in total. The van der Waals surface area contributed by atoms with E-state index in [2.05, 4.69) is 43.6 Å². The van der Waals surface area contributed by atoms with Gasteiger partial charge in [0.1, 0.15) is 11.6 Å². The van der Waals surface area contributed by atoms with Crippen LogP contribution in [0.2, 0.25) is 0 Å². The van der Waals surface area contributed by atoms with E-state index >= 15 is 0 Å². The fraction of sp³-hybridized carbons (Fsp3) is 0.714. The Hall–Kier alpha value is -1.12. The van der Waals surface area contributed by atoms with Crippen LogP contribution in [0.15, 0.2) is 6.07 Å². The number of hydrogen-bond acceptors (Lipinski definition) is 3. The summed E-state index contributed by atoms with van der Waals surface area (Å²) in [7, 11) is 0. The van der Waals surface area contributed by atoms with Gasteiger partial charge in [0.15, 0.2) is 0 Å². The molecule has 3 nitrogen and oxygen atoms in total. The molecule has 2 rings (SSSR count). The molecule has 0 atom stereocenters. The van der Waals surface area contributed by atoms with E-state index in [1.54, 1.807) is 0 Å². The molecule has 0 spiro atoms. The zero-order valence-corrected chi connectivity index (χ0v) is 11.4. The van der Waals surface area contributed by atoms with Gasteiger partial charge in [-0.3, -0.25) is 0 Å². The predicted molar refractivity (Wildman–Crippen MR) is 71.7 cm³/mol. The Labute approximate surface area is 104 Å². The van der Waals surface area contributed by atoms with Gasteiger partial charge >= 0.3 is 0 Å². The Morgan fingerprint density at radius 3 is 2.18 bits per heavy atom. The third-order valence-corrected chi connectivity index (χ3v) is 3.29. The topological polar surface area (TPSA) is 29.0 Å². The molecule has 0 aliphatic carbocycles. The van der Waals surface area contributed by atoms with Crippen LogP contribution in [0.1, 0.15) is 63.9 Å². The normalized spacial score (nSPS) is 16.2. The molecule has 1 aromatic heterocycles. The first-order chi connectivity index (χ1) is 8.08. The van der Waals surface area contributed by atoms with E-state index in [1.807, 2.05) is 0 Å². The highest BCUT2D eigenvalue weighted by atomic mass is 15.2. The van der Waals surface area contributed by atoms with E-state index in [1.165, 1.54) is 18.5 Å². The molecular weight excluding hydrogens is 210 g/mol. The quantitative estimate of drug-likeness (QED) is 0.802. The van der Waals surface area contributed by atoms with Gasteiger partial charge in [0, 0.05) is 30.8 Å². The van der Waals surface area contributed by atoms with Gasteiger partial charge in [-0.05, 0) is 18.8 Å². The Balaban J connectivity index is 2.36. The summed E-state index contributed by atoms with van der Waals surface area (Å²) >= 11 is 0. The minimum atomic E-state index is 0.398. The molecule has 1 aliphatic heterocycles. The van der Waals surface area contributed by atoms with Crippen LogP contribution in [-0.4, -0.2) is 23.1 Å². The molecule has 0 radical (unpaired) electrons. The van der Waals surface area contributed by atoms with Crippen molar-refractivity contribution in [1.29, 1.82) is 0 Å². The molecule has 17 heavy (non-hydrogen) atoms. The van der Waals surface area contributed by atoms with Gasteiger partial charge in [-0.1, -0.05) is 27.7 Å². The lowest BCUT2D eigenvalue weighted by Crippen LogP contribution is -2.20. The SMILES string of the molecule is CC(C)c1cc(N2CCCC2)nc(C(C)C)n1. The van der Waals surface area contributed by atoms with E-state index in [-0.39, 0.29) is 0 Å². The second-order valence-corrected chi connectivity index (χ2v) is 5.51. The predicted octanol–water partition coefficient (Wildman–Crippen LogP) is 3.32. The monoisotopic (exact) mass is 233 g/mol. The molecule has 2 heterocycles. The van der Waals surface area contributed by atoms with Gasteiger partial charge in [0.2, 0.25) is 0 Å². The average molecular weight is 233 g/mol. The first kappa shape index (κ1) is 12.3. The maximum Gasteiger partial charge on any atom is 0.133 e. The Bertz CT molecular complexity index is 353. The highest BCUT2D eigenvalue weighted by Crippen LogP contribution is 2.24. The van der Waals surface area contributed by atoms with Crippen molar-refractivity contribution in [3.63, 3.8) is 0 Å². The van der Waals surface area contributed by atoms with Crippen LogP contribution in [0.25, 0.3) is 0 Å². The molecule has 1 saturated heterocycles. The van der Waals surface area contributed by atoms with E-state index in [9.17, 15) is 0 Å². The van der Waals surface area contributed by atoms with Crippen LogP contribution >= 0.6 is 0 Å². The molecule has 0 amide bonds. The van der Waals surface area contributed by atoms with Gasteiger partial charge in [-0.15, -0.1) is 0 Å². The van der Waals surface area contributed by atoms with Crippen molar-refractivity contribution < 1.29 is 0 Å². The molecule has 94 valence electrons. The third kappa shape index (κ3) is 2.76. The van der Waals surface area contributed by atoms with E-state index < -0.39 is 0 Å². The summed E-state index contributed by atoms with van der Waals surface area (Å²) in [5.74, 6) is 2.98. The summed E-state index contributed by atoms with van der Waals surface area (Å²) in [6.45, 7) is 11.0. The van der Waals surface area contributed by atoms with Crippen molar-refractivity contribution in [3.05, 3.63) is 17.6 Å². The van der Waals surface area contributed by atoms with Crippen LogP contribution in [0.5, 0.6) is 0 Å². The van der Waals surface area contributed by atoms with Crippen molar-refractivity contribution in [2.45, 2.75) is 52.4 Å². The second-order valence-electron chi connectivity index (χ2n) is 5.51. The Kier molecular flexibility index (Phi) is 3.65. The van der Waals surface area contributed by atoms with Crippen LogP contribution in [0.4, 0.5) is 5.82 Å². The first-order valence-electron chi connectivity index (χ1n) is 6.71. The standard InChI is InChI=1S/C14H23N3/c1-10(2)12-9-13(17-7-5-6-8-17)16-14(15-12)11(3)4/h9-11H,5-8H2,1-4H3. The number of hydrogen-bond donors (Lipinski definition) is 0. The second kappa shape index (κ2) is 5.03. The minimum Gasteiger partial charge on any atom is -0.357 e. The summed E-state index contributed by atoms with van der Waals surface area (Å²) in [4.78, 5) is 11.8. The Morgan fingerprint density at radius 2 is 1.65 bits per heavy atom. The van der Waals surface area contributed by atoms with Crippen LogP contribution in [-0.2, 0) is 0 Å². The lowest BCUT2D eigenvalue weighted by atomic mass is 10.1. The molecule has 1 fully saturated rings. The van der Waals surface area contributed by atoms with Crippen molar-refractivity contribution in [2.24, 2.45) is 0 Å². The molecular formula is C14H23N3. The zero-order valence-electron chi connectivity index (χ0n) is 11.4. The largest absolute Gasteiger partial charge is 0.357 e. The smallest absolute Gasteiger partial charge is 0.133 e. The van der Waals surface area contributed by atoms with E-state index in [0.29, 0.717) is 11.8 Å². The molecule has 0 saturated carbocycles. The average Bonchev–Trinajstić information content (AvgIpc) is 2.81. The van der Waals surface area contributed by atoms with Crippen LogP contribution in [0.3, 0.4) is 0 Å². The van der Waals surface area contributed by atoms with Crippen molar-refractivity contribution in [2.75, 3.05) is 18.0 Å². The zero-order chi connectivity index (χ0) is 12.4. The highest BCUT2D eigenvalue weighted by molar-refractivity contribution is 5.41. The maximum absolute atomic E-state index is 4.71. The van der Waals surface area contributed by atoms with Gasteiger partial charge in [0.25, 0.3) is 0 Å². The van der Waals surface area contributed by atoms with Crippen molar-refractivity contribution in [3.8, 4) is 0 Å². The maximum atomic E-state index is 4.71. The fourth-order valence-electron chi connectivity index (χ4n) is 2.13. The van der Waals surface area contributed by atoms with E-state index in [4.69, 9.17) is 4.98 Å². The fourth-order valence-corrected chi connectivity index (χ4v) is 2.13. The summed E-state index contributed by atoms with van der Waals surface area (Å²) in [5.41, 5.74) is 1.17. The highest BCUT2D eigenvalue weighted by Gasteiger charge is 2.17. The lowest BCUT2D eigenvalue weighted by molar-refractivity contribution is 0.722. The number of nitrogens with zero attached hydrogens (tertiary/aromatic N) is 3. The summed E-state index contributed by atoms with van der Waals surface area (Å²) in [6.07, 6.45) is 2.58. The van der Waals surface area contributed by atoms with Crippen molar-refractivity contribution >= 4 is 5.82 Å². The summed E-state index contributed by atoms with van der Waals surface area (Å²) in [5, 5.41) is 0. The Morgan fingerprint density at radius 1 is 1.00 bits per heavy atom. The van der Waals surface area contributed by atoms with Gasteiger partial charge in [0.05, 0.1) is 0 Å². The molecule has 0 bridgehead atoms. The van der Waals surface area contributed by atoms with Crippen LogP contribution in [0, 0.1) is 0 Å². The number of aromatic nitrogens is 2. The molecule has 1 aromatic rings.